The quantitative estimate of drug-likeness (QED) is 0.622. The molecular formula is C20H25N5O4S. The topological polar surface area (TPSA) is 123 Å². The molecule has 10 heteroatoms. The summed E-state index contributed by atoms with van der Waals surface area (Å²) >= 11 is 0. The predicted molar refractivity (Wildman–Crippen MR) is 110 cm³/mol. The van der Waals surface area contributed by atoms with Gasteiger partial charge < -0.3 is 10.1 Å². The van der Waals surface area contributed by atoms with Crippen molar-refractivity contribution in [1.29, 1.82) is 0 Å². The molecule has 4 rings (SSSR count). The van der Waals surface area contributed by atoms with Gasteiger partial charge in [-0.3, -0.25) is 19.5 Å². The second-order valence-corrected chi connectivity index (χ2v) is 9.64. The van der Waals surface area contributed by atoms with Crippen LogP contribution in [-0.2, 0) is 21.4 Å². The van der Waals surface area contributed by atoms with E-state index in [1.807, 2.05) is 6.92 Å². The second kappa shape index (κ2) is 8.55. The number of ether oxygens (including phenoxy) is 1. The van der Waals surface area contributed by atoms with E-state index in [0.717, 1.165) is 5.69 Å². The Bertz CT molecular complexity index is 1020. The maximum absolute atomic E-state index is 12.4. The molecule has 0 saturated heterocycles. The fourth-order valence-corrected chi connectivity index (χ4v) is 4.82. The van der Waals surface area contributed by atoms with E-state index in [1.165, 1.54) is 6.20 Å². The van der Waals surface area contributed by atoms with E-state index >= 15 is 0 Å². The highest BCUT2D eigenvalue weighted by atomic mass is 32.2. The third kappa shape index (κ3) is 4.86. The minimum absolute atomic E-state index is 0.0362. The van der Waals surface area contributed by atoms with Gasteiger partial charge in [0.2, 0.25) is 21.8 Å². The summed E-state index contributed by atoms with van der Waals surface area (Å²) in [6.07, 6.45) is 7.67. The minimum Gasteiger partial charge on any atom is -0.477 e. The molecule has 2 N–H and O–H groups in total. The van der Waals surface area contributed by atoms with Crippen molar-refractivity contribution in [3.8, 4) is 5.88 Å². The van der Waals surface area contributed by atoms with Gasteiger partial charge in [-0.15, -0.1) is 0 Å². The average molecular weight is 432 g/mol. The Morgan fingerprint density at radius 2 is 2.07 bits per heavy atom. The Balaban J connectivity index is 1.27. The lowest BCUT2D eigenvalue weighted by atomic mass is 9.73. The van der Waals surface area contributed by atoms with Gasteiger partial charge in [-0.2, -0.15) is 0 Å². The van der Waals surface area contributed by atoms with Crippen LogP contribution in [0.4, 0.5) is 5.69 Å². The molecular weight excluding hydrogens is 406 g/mol. The van der Waals surface area contributed by atoms with Crippen molar-refractivity contribution in [2.45, 2.75) is 50.3 Å². The molecule has 0 aliphatic heterocycles. The lowest BCUT2D eigenvalue weighted by Gasteiger charge is -2.33. The minimum atomic E-state index is -3.32. The van der Waals surface area contributed by atoms with E-state index < -0.39 is 10.0 Å². The normalized spacial score (nSPS) is 20.8. The predicted octanol–water partition coefficient (Wildman–Crippen LogP) is 1.98. The van der Waals surface area contributed by atoms with E-state index in [4.69, 9.17) is 4.74 Å². The molecule has 0 bridgehead atoms. The van der Waals surface area contributed by atoms with Gasteiger partial charge in [-0.05, 0) is 44.7 Å². The fraction of sp³-hybridized carbons (Fsp3) is 0.500. The molecule has 2 heterocycles. The van der Waals surface area contributed by atoms with Crippen molar-refractivity contribution in [1.82, 2.24) is 20.3 Å². The van der Waals surface area contributed by atoms with Crippen LogP contribution in [0, 0.1) is 5.92 Å². The lowest BCUT2D eigenvalue weighted by Crippen LogP contribution is -2.38. The first-order chi connectivity index (χ1) is 14.4. The van der Waals surface area contributed by atoms with Crippen LogP contribution in [0.2, 0.25) is 0 Å². The van der Waals surface area contributed by atoms with Gasteiger partial charge in [0.1, 0.15) is 0 Å². The molecule has 0 radical (unpaired) electrons. The summed E-state index contributed by atoms with van der Waals surface area (Å²) in [7, 11) is -3.32. The molecule has 2 saturated carbocycles. The summed E-state index contributed by atoms with van der Waals surface area (Å²) in [5.74, 6) is 0.591. The molecule has 30 heavy (non-hydrogen) atoms. The molecule has 160 valence electrons. The fourth-order valence-electron chi connectivity index (χ4n) is 3.44. The standard InChI is InChI=1S/C20H25N5O4S/c1-2-29-19-12-21-11-18(24-19)13-7-14(8-13)20(26)23-10-16-9-15(5-6-22-16)25-30(27,28)17-3-4-17/h5-6,9,11-14,17H,2-4,7-8,10H2,1H3,(H,22,25)(H,23,26). The summed E-state index contributed by atoms with van der Waals surface area (Å²) in [6.45, 7) is 2.68. The largest absolute Gasteiger partial charge is 0.477 e. The summed E-state index contributed by atoms with van der Waals surface area (Å²) < 4.78 is 32.1. The van der Waals surface area contributed by atoms with Crippen LogP contribution in [0.5, 0.6) is 5.88 Å². The van der Waals surface area contributed by atoms with Crippen LogP contribution < -0.4 is 14.8 Å². The van der Waals surface area contributed by atoms with Crippen LogP contribution in [0.25, 0.3) is 0 Å². The lowest BCUT2D eigenvalue weighted by molar-refractivity contribution is -0.128. The van der Waals surface area contributed by atoms with Gasteiger partial charge in [0.05, 0.1) is 41.7 Å². The van der Waals surface area contributed by atoms with E-state index in [-0.39, 0.29) is 29.5 Å². The third-order valence-corrected chi connectivity index (χ3v) is 7.20. The van der Waals surface area contributed by atoms with E-state index in [9.17, 15) is 13.2 Å². The number of amides is 1. The molecule has 2 aromatic rings. The molecule has 1 amide bonds. The Labute approximate surface area is 175 Å². The maximum Gasteiger partial charge on any atom is 0.235 e. The smallest absolute Gasteiger partial charge is 0.235 e. The van der Waals surface area contributed by atoms with E-state index in [0.29, 0.717) is 49.6 Å². The summed E-state index contributed by atoms with van der Waals surface area (Å²) in [5, 5.41) is 2.60. The van der Waals surface area contributed by atoms with E-state index in [1.54, 1.807) is 24.5 Å². The maximum atomic E-state index is 12.4. The second-order valence-electron chi connectivity index (χ2n) is 7.68. The highest BCUT2D eigenvalue weighted by Crippen LogP contribution is 2.41. The van der Waals surface area contributed by atoms with Crippen molar-refractivity contribution in [3.63, 3.8) is 0 Å². The van der Waals surface area contributed by atoms with Gasteiger partial charge >= 0.3 is 0 Å². The molecule has 0 spiro atoms. The Morgan fingerprint density at radius 3 is 2.80 bits per heavy atom. The van der Waals surface area contributed by atoms with Crippen molar-refractivity contribution in [2.24, 2.45) is 5.92 Å². The van der Waals surface area contributed by atoms with Crippen molar-refractivity contribution >= 4 is 21.6 Å². The monoisotopic (exact) mass is 431 g/mol. The van der Waals surface area contributed by atoms with Crippen LogP contribution >= 0.6 is 0 Å². The Hall–Kier alpha value is -2.75. The van der Waals surface area contributed by atoms with Crippen molar-refractivity contribution < 1.29 is 17.9 Å². The van der Waals surface area contributed by atoms with Gasteiger partial charge in [0.25, 0.3) is 0 Å². The first-order valence-electron chi connectivity index (χ1n) is 10.1. The first-order valence-corrected chi connectivity index (χ1v) is 11.7. The number of nitrogens with zero attached hydrogens (tertiary/aromatic N) is 3. The molecule has 0 aromatic carbocycles. The number of nitrogens with one attached hydrogen (secondary N) is 2. The van der Waals surface area contributed by atoms with Crippen molar-refractivity contribution in [3.05, 3.63) is 42.1 Å². The summed E-state index contributed by atoms with van der Waals surface area (Å²) in [6, 6.07) is 3.26. The molecule has 2 aromatic heterocycles. The number of sulfonamides is 1. The molecule has 2 fully saturated rings. The van der Waals surface area contributed by atoms with Gasteiger partial charge in [-0.25, -0.2) is 13.4 Å². The van der Waals surface area contributed by atoms with Crippen LogP contribution in [0.15, 0.2) is 30.7 Å². The third-order valence-electron chi connectivity index (χ3n) is 5.33. The molecule has 9 nitrogen and oxygen atoms in total. The number of aromatic nitrogens is 3. The molecule has 0 atom stereocenters. The number of hydrogen-bond donors (Lipinski definition) is 2. The van der Waals surface area contributed by atoms with E-state index in [2.05, 4.69) is 25.0 Å². The first kappa shape index (κ1) is 20.5. The number of anilines is 1. The van der Waals surface area contributed by atoms with Gasteiger partial charge in [0.15, 0.2) is 0 Å². The Kier molecular flexibility index (Phi) is 5.85. The highest BCUT2D eigenvalue weighted by Gasteiger charge is 2.37. The van der Waals surface area contributed by atoms with Gasteiger partial charge in [0, 0.05) is 24.2 Å². The zero-order chi connectivity index (χ0) is 21.1. The number of carbonyl (C=O) groups is 1. The number of hydrogen-bond acceptors (Lipinski definition) is 7. The summed E-state index contributed by atoms with van der Waals surface area (Å²) in [5.41, 5.74) is 1.92. The number of rotatable bonds is 9. The molecule has 2 aliphatic rings. The SMILES string of the molecule is CCOc1cncc(C2CC(C(=O)NCc3cc(NS(=O)(=O)C4CC4)ccn3)C2)n1. The zero-order valence-electron chi connectivity index (χ0n) is 16.7. The average Bonchev–Trinajstić information content (AvgIpc) is 3.52. The molecule has 2 aliphatic carbocycles. The number of pyridine rings is 1. The summed E-state index contributed by atoms with van der Waals surface area (Å²) in [4.78, 5) is 25.3. The highest BCUT2D eigenvalue weighted by molar-refractivity contribution is 7.93. The molecule has 0 unspecified atom stereocenters. The zero-order valence-corrected chi connectivity index (χ0v) is 17.6. The Morgan fingerprint density at radius 1 is 1.27 bits per heavy atom. The van der Waals surface area contributed by atoms with Crippen LogP contribution in [0.3, 0.4) is 0 Å². The van der Waals surface area contributed by atoms with Crippen LogP contribution in [-0.4, -0.2) is 41.1 Å². The van der Waals surface area contributed by atoms with Crippen LogP contribution in [0.1, 0.15) is 49.9 Å². The van der Waals surface area contributed by atoms with Crippen molar-refractivity contribution in [2.75, 3.05) is 11.3 Å². The number of carbonyl (C=O) groups excluding carboxylic acids is 1. The van der Waals surface area contributed by atoms with Gasteiger partial charge in [-0.1, -0.05) is 0 Å².